The highest BCUT2D eigenvalue weighted by molar-refractivity contribution is 5.87. The molecular formula is C21H22N2O3. The Morgan fingerprint density at radius 3 is 2.46 bits per heavy atom. The molecule has 5 nitrogen and oxygen atoms in total. The lowest BCUT2D eigenvalue weighted by atomic mass is 9.99. The highest BCUT2D eigenvalue weighted by atomic mass is 16.5. The van der Waals surface area contributed by atoms with Gasteiger partial charge in [0.25, 0.3) is 0 Å². The van der Waals surface area contributed by atoms with E-state index in [2.05, 4.69) is 22.4 Å². The number of esters is 1. The number of carbonyl (C=O) groups excluding carboxylic acids is 2. The Morgan fingerprint density at radius 2 is 1.77 bits per heavy atom. The number of para-hydroxylation sites is 1. The van der Waals surface area contributed by atoms with Gasteiger partial charge in [0.05, 0.1) is 7.11 Å². The molecule has 0 aliphatic carbocycles. The summed E-state index contributed by atoms with van der Waals surface area (Å²) in [6.07, 6.45) is 1.09. The first-order valence-corrected chi connectivity index (χ1v) is 8.55. The third kappa shape index (κ3) is 3.94. The van der Waals surface area contributed by atoms with Crippen LogP contribution < -0.4 is 5.32 Å². The van der Waals surface area contributed by atoms with E-state index in [9.17, 15) is 9.59 Å². The predicted molar refractivity (Wildman–Crippen MR) is 101 cm³/mol. The van der Waals surface area contributed by atoms with Crippen LogP contribution in [0.3, 0.4) is 0 Å². The van der Waals surface area contributed by atoms with Crippen LogP contribution in [0.25, 0.3) is 10.9 Å². The van der Waals surface area contributed by atoms with Crippen molar-refractivity contribution < 1.29 is 14.3 Å². The summed E-state index contributed by atoms with van der Waals surface area (Å²) in [5, 5.41) is 3.75. The van der Waals surface area contributed by atoms with Crippen LogP contribution in [0.1, 0.15) is 23.7 Å². The standard InChI is InChI=1S/C21H22N2O3/c1-14(24)22-20(21(25)26-2)13-17-16-10-6-7-11-18(16)23-19(17)12-15-8-4-3-5-9-15/h3-11,20,23H,12-13H2,1-2H3,(H,22,24). The van der Waals surface area contributed by atoms with Crippen LogP contribution in [0.15, 0.2) is 54.6 Å². The quantitative estimate of drug-likeness (QED) is 0.672. The summed E-state index contributed by atoms with van der Waals surface area (Å²) in [4.78, 5) is 27.1. The molecule has 134 valence electrons. The zero-order valence-electron chi connectivity index (χ0n) is 14.9. The Balaban J connectivity index is 2.00. The number of benzene rings is 2. The summed E-state index contributed by atoms with van der Waals surface area (Å²) in [7, 11) is 1.33. The van der Waals surface area contributed by atoms with Crippen molar-refractivity contribution in [3.8, 4) is 0 Å². The predicted octanol–water partition coefficient (Wildman–Crippen LogP) is 2.98. The zero-order chi connectivity index (χ0) is 18.5. The number of aromatic nitrogens is 1. The van der Waals surface area contributed by atoms with Crippen molar-refractivity contribution >= 4 is 22.8 Å². The highest BCUT2D eigenvalue weighted by Crippen LogP contribution is 2.26. The first-order valence-electron chi connectivity index (χ1n) is 8.55. The van der Waals surface area contributed by atoms with Crippen molar-refractivity contribution in [3.63, 3.8) is 0 Å². The summed E-state index contributed by atoms with van der Waals surface area (Å²) in [6.45, 7) is 1.40. The van der Waals surface area contributed by atoms with E-state index in [0.29, 0.717) is 6.42 Å². The normalized spacial score (nSPS) is 11.9. The summed E-state index contributed by atoms with van der Waals surface area (Å²) in [5.74, 6) is -0.707. The molecule has 0 saturated heterocycles. The van der Waals surface area contributed by atoms with Crippen molar-refractivity contribution in [1.29, 1.82) is 0 Å². The highest BCUT2D eigenvalue weighted by Gasteiger charge is 2.24. The van der Waals surface area contributed by atoms with E-state index in [1.165, 1.54) is 19.6 Å². The number of hydrogen-bond acceptors (Lipinski definition) is 3. The van der Waals surface area contributed by atoms with Gasteiger partial charge in [0, 0.05) is 36.4 Å². The molecule has 3 rings (SSSR count). The number of nitrogens with one attached hydrogen (secondary N) is 2. The Labute approximate surface area is 152 Å². The third-order valence-corrected chi connectivity index (χ3v) is 4.40. The summed E-state index contributed by atoms with van der Waals surface area (Å²) >= 11 is 0. The molecule has 1 aromatic heterocycles. The molecule has 1 amide bonds. The second-order valence-corrected chi connectivity index (χ2v) is 6.27. The van der Waals surface area contributed by atoms with Crippen LogP contribution in [0, 0.1) is 0 Å². The van der Waals surface area contributed by atoms with Crippen molar-refractivity contribution in [1.82, 2.24) is 10.3 Å². The maximum Gasteiger partial charge on any atom is 0.328 e. The van der Waals surface area contributed by atoms with E-state index in [1.54, 1.807) is 0 Å². The minimum absolute atomic E-state index is 0.259. The van der Waals surface area contributed by atoms with E-state index in [4.69, 9.17) is 4.74 Å². The summed E-state index contributed by atoms with van der Waals surface area (Å²) in [6, 6.07) is 17.4. The van der Waals surface area contributed by atoms with Gasteiger partial charge in [-0.3, -0.25) is 4.79 Å². The van der Waals surface area contributed by atoms with Gasteiger partial charge in [-0.1, -0.05) is 48.5 Å². The fourth-order valence-corrected chi connectivity index (χ4v) is 3.22. The minimum atomic E-state index is -0.716. The molecule has 5 heteroatoms. The molecule has 1 atom stereocenters. The molecule has 2 N–H and O–H groups in total. The number of carbonyl (C=O) groups is 2. The van der Waals surface area contributed by atoms with E-state index in [0.717, 1.165) is 28.6 Å². The summed E-state index contributed by atoms with van der Waals surface area (Å²) < 4.78 is 4.87. The Kier molecular flexibility index (Phi) is 5.37. The van der Waals surface area contributed by atoms with E-state index in [1.807, 2.05) is 42.5 Å². The molecule has 3 aromatic rings. The number of fused-ring (bicyclic) bond motifs is 1. The number of methoxy groups -OCH3 is 1. The van der Waals surface area contributed by atoms with Crippen LogP contribution in [-0.4, -0.2) is 30.0 Å². The van der Waals surface area contributed by atoms with Crippen molar-refractivity contribution in [2.24, 2.45) is 0 Å². The number of H-pyrrole nitrogens is 1. The van der Waals surface area contributed by atoms with Gasteiger partial charge in [0.2, 0.25) is 5.91 Å². The van der Waals surface area contributed by atoms with Gasteiger partial charge >= 0.3 is 5.97 Å². The van der Waals surface area contributed by atoms with Gasteiger partial charge in [-0.15, -0.1) is 0 Å². The Hall–Kier alpha value is -3.08. The van der Waals surface area contributed by atoms with Gasteiger partial charge in [0.15, 0.2) is 0 Å². The lowest BCUT2D eigenvalue weighted by Gasteiger charge is -2.16. The molecule has 0 fully saturated rings. The van der Waals surface area contributed by atoms with Gasteiger partial charge in [-0.25, -0.2) is 4.79 Å². The molecule has 2 aromatic carbocycles. The van der Waals surface area contributed by atoms with Gasteiger partial charge in [-0.2, -0.15) is 0 Å². The fraction of sp³-hybridized carbons (Fsp3) is 0.238. The van der Waals surface area contributed by atoms with Crippen molar-refractivity contribution in [3.05, 3.63) is 71.4 Å². The van der Waals surface area contributed by atoms with Gasteiger partial charge < -0.3 is 15.0 Å². The lowest BCUT2D eigenvalue weighted by Crippen LogP contribution is -2.42. The molecule has 26 heavy (non-hydrogen) atoms. The molecule has 1 unspecified atom stereocenters. The number of aromatic amines is 1. The van der Waals surface area contributed by atoms with Crippen LogP contribution in [-0.2, 0) is 27.2 Å². The monoisotopic (exact) mass is 350 g/mol. The van der Waals surface area contributed by atoms with Crippen molar-refractivity contribution in [2.45, 2.75) is 25.8 Å². The zero-order valence-corrected chi connectivity index (χ0v) is 14.9. The molecule has 0 aliphatic rings. The van der Waals surface area contributed by atoms with E-state index in [-0.39, 0.29) is 5.91 Å². The molecule has 0 saturated carbocycles. The largest absolute Gasteiger partial charge is 0.467 e. The molecule has 1 heterocycles. The van der Waals surface area contributed by atoms with Crippen LogP contribution >= 0.6 is 0 Å². The average molecular weight is 350 g/mol. The Morgan fingerprint density at radius 1 is 1.08 bits per heavy atom. The minimum Gasteiger partial charge on any atom is -0.467 e. The number of rotatable bonds is 6. The SMILES string of the molecule is COC(=O)C(Cc1c(Cc2ccccc2)[nH]c2ccccc12)NC(C)=O. The smallest absolute Gasteiger partial charge is 0.328 e. The first-order chi connectivity index (χ1) is 12.6. The number of amides is 1. The van der Waals surface area contributed by atoms with Crippen LogP contribution in [0.5, 0.6) is 0 Å². The van der Waals surface area contributed by atoms with E-state index < -0.39 is 12.0 Å². The maximum absolute atomic E-state index is 12.1. The number of ether oxygens (including phenoxy) is 1. The van der Waals surface area contributed by atoms with Crippen molar-refractivity contribution in [2.75, 3.05) is 7.11 Å². The molecule has 0 spiro atoms. The Bertz CT molecular complexity index is 915. The molecular weight excluding hydrogens is 328 g/mol. The fourth-order valence-electron chi connectivity index (χ4n) is 3.22. The van der Waals surface area contributed by atoms with Crippen LogP contribution in [0.2, 0.25) is 0 Å². The third-order valence-electron chi connectivity index (χ3n) is 4.40. The first kappa shape index (κ1) is 17.7. The van der Waals surface area contributed by atoms with Crippen LogP contribution in [0.4, 0.5) is 0 Å². The van der Waals surface area contributed by atoms with Gasteiger partial charge in [-0.05, 0) is 17.2 Å². The lowest BCUT2D eigenvalue weighted by molar-refractivity contribution is -0.144. The van der Waals surface area contributed by atoms with Gasteiger partial charge in [0.1, 0.15) is 6.04 Å². The average Bonchev–Trinajstić information content (AvgIpc) is 2.98. The number of hydrogen-bond donors (Lipinski definition) is 2. The molecule has 0 aliphatic heterocycles. The molecule has 0 radical (unpaired) electrons. The second kappa shape index (κ2) is 7.87. The summed E-state index contributed by atoms with van der Waals surface area (Å²) in [5.41, 5.74) is 4.25. The van der Waals surface area contributed by atoms with E-state index >= 15 is 0 Å². The maximum atomic E-state index is 12.1. The topological polar surface area (TPSA) is 71.2 Å². The molecule has 0 bridgehead atoms. The second-order valence-electron chi connectivity index (χ2n) is 6.27.